The summed E-state index contributed by atoms with van der Waals surface area (Å²) in [5, 5.41) is 8.03. The first-order valence-corrected chi connectivity index (χ1v) is 50.6. The van der Waals surface area contributed by atoms with Gasteiger partial charge < -0.3 is 14.2 Å². The Labute approximate surface area is 855 Å². The zero-order chi connectivity index (χ0) is 97.7. The van der Waals surface area contributed by atoms with Crippen LogP contribution in [0.15, 0.2) is 497 Å². The van der Waals surface area contributed by atoms with Gasteiger partial charge in [-0.3, -0.25) is 13.7 Å². The highest BCUT2D eigenvalue weighted by Crippen LogP contribution is 2.68. The Morgan fingerprint density at radius 2 is 0.443 bits per heavy atom. The predicted molar refractivity (Wildman–Crippen MR) is 596 cm³/mol. The number of rotatable bonds is 7. The molecule has 9 heterocycles. The summed E-state index contributed by atoms with van der Waals surface area (Å²) in [6, 6.07) is 175. The van der Waals surface area contributed by atoms with Crippen molar-refractivity contribution in [3.05, 3.63) is 564 Å². The van der Waals surface area contributed by atoms with Gasteiger partial charge in [-0.25, -0.2) is 24.9 Å². The van der Waals surface area contributed by atoms with Gasteiger partial charge in [0.05, 0.1) is 71.6 Å². The van der Waals surface area contributed by atoms with Gasteiger partial charge in [-0.2, -0.15) is 9.97 Å². The predicted octanol–water partition coefficient (Wildman–Crippen LogP) is 32.5. The van der Waals surface area contributed by atoms with Gasteiger partial charge in [0.2, 0.25) is 11.9 Å². The summed E-state index contributed by atoms with van der Waals surface area (Å²) in [6.45, 7) is 0. The number of nitrogens with zero attached hydrogens (tertiary/aromatic N) is 10. The molecule has 3 aliphatic heterocycles. The summed E-state index contributed by atoms with van der Waals surface area (Å²) in [5.74, 6) is 8.59. The van der Waals surface area contributed by atoms with Crippen molar-refractivity contribution in [2.75, 3.05) is 0 Å². The Morgan fingerprint density at radius 3 is 0.819 bits per heavy atom. The molecule has 149 heavy (non-hydrogen) atoms. The highest BCUT2D eigenvalue weighted by Gasteiger charge is 2.56. The summed E-state index contributed by atoms with van der Waals surface area (Å²) < 4.78 is 26.7. The maximum atomic E-state index is 6.60. The van der Waals surface area contributed by atoms with E-state index in [9.17, 15) is 0 Å². The summed E-state index contributed by atoms with van der Waals surface area (Å²) in [5.41, 5.74) is 34.7. The summed E-state index contributed by atoms with van der Waals surface area (Å²) in [4.78, 5) is 36.9. The molecule has 13 nitrogen and oxygen atoms in total. The van der Waals surface area contributed by atoms with Crippen molar-refractivity contribution in [3.63, 3.8) is 0 Å². The van der Waals surface area contributed by atoms with Crippen molar-refractivity contribution in [3.8, 4) is 131 Å². The first-order valence-electron chi connectivity index (χ1n) is 50.6. The van der Waals surface area contributed by atoms with Gasteiger partial charge in [-0.15, -0.1) is 0 Å². The average Bonchev–Trinajstić information content (AvgIpc) is 1.51. The standard InChI is InChI=1S/C46H28N4O.2C45H27N3O/c1-3-15-29(16-4-1)43-47-44(30-17-5-2-6-18-30)49-45(48-43)50-38-24-12-8-19-31(38)32-27-28-37-41(42(32)50)33-20-7-9-21-34(33)46(37)35-22-10-13-25-39(35)51-40-26-14-11-23-36(40)46;1-2-14-28(15-3-1)42-32-18-5-10-22-37(32)46-44(47-42)48-38-23-11-6-16-29(38)30-26-27-36-41(43(30)48)31-17-4-7-19-33(31)45(36)34-20-8-12-24-39(34)49-40-25-13-9-21-35(40)45;1-2-14-28(15-3-1)42-44(47-37-22-10-9-21-36(37)46-42)48-38-23-11-5-16-29(38)30-26-27-35-41(43(30)48)31-17-4-6-18-32(31)45(35)33-19-7-12-24-39(33)49-40-25-13-8-20-34(40)45/h1-28H;2*1-27H. The van der Waals surface area contributed by atoms with E-state index in [1.165, 1.54) is 88.3 Å². The largest absolute Gasteiger partial charge is 0.457 e. The molecule has 0 fully saturated rings. The van der Waals surface area contributed by atoms with Gasteiger partial charge in [0.25, 0.3) is 0 Å². The molecule has 0 saturated carbocycles. The number of aromatic nitrogens is 10. The van der Waals surface area contributed by atoms with E-state index in [4.69, 9.17) is 49.1 Å². The van der Waals surface area contributed by atoms with Gasteiger partial charge in [0.15, 0.2) is 17.5 Å². The van der Waals surface area contributed by atoms with Crippen LogP contribution < -0.4 is 14.2 Å². The first kappa shape index (κ1) is 83.7. The molecule has 33 rings (SSSR count). The van der Waals surface area contributed by atoms with Crippen LogP contribution in [-0.2, 0) is 16.2 Å². The molecule has 0 bridgehead atoms. The Hall–Kier alpha value is -19.9. The van der Waals surface area contributed by atoms with Crippen LogP contribution in [0, 0.1) is 0 Å². The maximum absolute atomic E-state index is 6.60. The molecule has 21 aromatic carbocycles. The van der Waals surface area contributed by atoms with Gasteiger partial charge >= 0.3 is 0 Å². The number of para-hydroxylation sites is 12. The van der Waals surface area contributed by atoms with Crippen molar-refractivity contribution in [1.82, 2.24) is 48.6 Å². The second-order valence-corrected chi connectivity index (χ2v) is 38.9. The van der Waals surface area contributed by atoms with Crippen molar-refractivity contribution in [2.45, 2.75) is 16.2 Å². The minimum absolute atomic E-state index is 0.563. The second kappa shape index (κ2) is 32.6. The molecule has 27 aromatic rings. The van der Waals surface area contributed by atoms with E-state index in [2.05, 4.69) is 444 Å². The van der Waals surface area contributed by atoms with Crippen LogP contribution in [-0.4, -0.2) is 48.6 Å². The monoisotopic (exact) mass is 1900 g/mol. The van der Waals surface area contributed by atoms with Crippen molar-refractivity contribution < 1.29 is 14.2 Å². The Kier molecular flexibility index (Phi) is 18.3. The van der Waals surface area contributed by atoms with E-state index >= 15 is 0 Å². The molecule has 6 aliphatic rings. The lowest BCUT2D eigenvalue weighted by molar-refractivity contribution is 0.436. The van der Waals surface area contributed by atoms with E-state index in [1.54, 1.807) is 0 Å². The fraction of sp³-hybridized carbons (Fsp3) is 0.0221. The molecule has 0 N–H and O–H groups in total. The van der Waals surface area contributed by atoms with Crippen molar-refractivity contribution >= 4 is 87.4 Å². The number of benzene rings is 21. The quantitative estimate of drug-likeness (QED) is 0.152. The van der Waals surface area contributed by atoms with E-state index in [0.717, 1.165) is 173 Å². The highest BCUT2D eigenvalue weighted by molar-refractivity contribution is 6.20. The Morgan fingerprint density at radius 1 is 0.168 bits per heavy atom. The maximum Gasteiger partial charge on any atom is 0.238 e. The molecule has 13 heteroatoms. The van der Waals surface area contributed by atoms with Gasteiger partial charge in [-0.05, 0) is 123 Å². The van der Waals surface area contributed by atoms with Gasteiger partial charge in [0, 0.05) is 110 Å². The number of fused-ring (bicyclic) bond motifs is 41. The van der Waals surface area contributed by atoms with E-state index < -0.39 is 16.2 Å². The molecule has 3 aliphatic carbocycles. The van der Waals surface area contributed by atoms with Crippen LogP contribution in [0.25, 0.3) is 184 Å². The molecule has 0 amide bonds. The first-order chi connectivity index (χ1) is 73.9. The Balaban J connectivity index is 0.000000101. The van der Waals surface area contributed by atoms with Gasteiger partial charge in [0.1, 0.15) is 40.2 Å². The lowest BCUT2D eigenvalue weighted by Crippen LogP contribution is -2.32. The normalized spacial score (nSPS) is 13.6. The summed E-state index contributed by atoms with van der Waals surface area (Å²) >= 11 is 0. The third kappa shape index (κ3) is 11.9. The van der Waals surface area contributed by atoms with Crippen LogP contribution in [0.4, 0.5) is 0 Å². The van der Waals surface area contributed by atoms with Crippen LogP contribution >= 0.6 is 0 Å². The number of ether oxygens (including phenoxy) is 3. The molecule has 0 saturated heterocycles. The van der Waals surface area contributed by atoms with Crippen LogP contribution in [0.1, 0.15) is 66.8 Å². The van der Waals surface area contributed by atoms with Crippen LogP contribution in [0.2, 0.25) is 0 Å². The third-order valence-electron chi connectivity index (χ3n) is 31.5. The minimum atomic E-state index is -0.587. The zero-order valence-electron chi connectivity index (χ0n) is 80.0. The van der Waals surface area contributed by atoms with E-state index in [1.807, 2.05) is 66.7 Å². The fourth-order valence-corrected chi connectivity index (χ4v) is 25.6. The minimum Gasteiger partial charge on any atom is -0.457 e. The van der Waals surface area contributed by atoms with Crippen LogP contribution in [0.3, 0.4) is 0 Å². The molecule has 6 aromatic heterocycles. The lowest BCUT2D eigenvalue weighted by atomic mass is 9.66. The van der Waals surface area contributed by atoms with E-state index in [0.29, 0.717) is 23.5 Å². The van der Waals surface area contributed by atoms with Crippen molar-refractivity contribution in [2.24, 2.45) is 0 Å². The molecule has 694 valence electrons. The SMILES string of the molecule is c1ccc(-c2nc(-c3ccccc3)nc(-n3c4ccccc4c4ccc5c(c43)-c3ccccc3C53c4ccccc4Oc4ccccc43)n2)cc1.c1ccc(-c2nc(-n3c4ccccc4c4ccc5c(c43)-c3ccccc3C53c4ccccc4Oc4ccccc43)nc3ccccc23)cc1.c1ccc(-c2nc3ccccc3nc2-n2c3ccccc3c3ccc4c(c32)-c2ccccc2C42c3ccccc3Oc3ccccc32)cc1. The topological polar surface area (TPSA) is 133 Å². The molecule has 0 unspecified atom stereocenters. The Bertz CT molecular complexity index is 10100. The zero-order valence-corrected chi connectivity index (χ0v) is 80.0. The van der Waals surface area contributed by atoms with E-state index in [-0.39, 0.29) is 0 Å². The smallest absolute Gasteiger partial charge is 0.238 e. The third-order valence-corrected chi connectivity index (χ3v) is 31.5. The molecule has 0 atom stereocenters. The number of hydrogen-bond donors (Lipinski definition) is 0. The fourth-order valence-electron chi connectivity index (χ4n) is 25.6. The molecule has 3 spiro atoms. The highest BCUT2D eigenvalue weighted by atomic mass is 16.5. The average molecular weight is 1900 g/mol. The molecular formula is C136H82N10O3. The van der Waals surface area contributed by atoms with Gasteiger partial charge in [-0.1, -0.05) is 425 Å². The summed E-state index contributed by atoms with van der Waals surface area (Å²) in [7, 11) is 0. The number of hydrogen-bond acceptors (Lipinski definition) is 10. The molecule has 0 radical (unpaired) electrons. The molecular weight excluding hydrogens is 1820 g/mol. The van der Waals surface area contributed by atoms with Crippen LogP contribution in [0.5, 0.6) is 34.5 Å². The summed E-state index contributed by atoms with van der Waals surface area (Å²) in [6.07, 6.45) is 0. The lowest BCUT2D eigenvalue weighted by Gasteiger charge is -2.39. The second-order valence-electron chi connectivity index (χ2n) is 38.9. The van der Waals surface area contributed by atoms with Crippen molar-refractivity contribution in [1.29, 1.82) is 0 Å².